The Kier molecular flexibility index (Phi) is 6.06. The number of nitro groups is 1. The molecule has 0 aliphatic heterocycles. The van der Waals surface area contributed by atoms with Gasteiger partial charge in [0.1, 0.15) is 0 Å². The molecule has 1 rings (SSSR count). The highest BCUT2D eigenvalue weighted by Crippen LogP contribution is 2.11. The summed E-state index contributed by atoms with van der Waals surface area (Å²) in [5.74, 6) is 2.13. The Bertz CT molecular complexity index is 418. The molecule has 0 saturated heterocycles. The lowest BCUT2D eigenvalue weighted by atomic mass is 10.4. The minimum Gasteiger partial charge on any atom is -0.370 e. The summed E-state index contributed by atoms with van der Waals surface area (Å²) < 4.78 is 0. The zero-order valence-electron chi connectivity index (χ0n) is 10.4. The number of rotatable bonds is 8. The summed E-state index contributed by atoms with van der Waals surface area (Å²) in [7, 11) is 1.64. The Hall–Kier alpha value is -1.70. The van der Waals surface area contributed by atoms with Crippen molar-refractivity contribution in [2.24, 2.45) is 0 Å². The van der Waals surface area contributed by atoms with Crippen molar-refractivity contribution in [1.82, 2.24) is 20.6 Å². The summed E-state index contributed by atoms with van der Waals surface area (Å²) in [6.45, 7) is 2.63. The highest BCUT2D eigenvalue weighted by Gasteiger charge is 2.01. The molecule has 0 atom stereocenters. The number of aryl methyl sites for hydroxylation is 1. The van der Waals surface area contributed by atoms with E-state index in [9.17, 15) is 10.1 Å². The maximum atomic E-state index is 10.3. The number of hydrogen-bond donors (Lipinski definition) is 3. The lowest BCUT2D eigenvalue weighted by Gasteiger charge is -2.07. The average molecular weight is 271 g/mol. The third kappa shape index (κ3) is 5.09. The van der Waals surface area contributed by atoms with Crippen LogP contribution >= 0.6 is 11.8 Å². The van der Waals surface area contributed by atoms with Gasteiger partial charge in [-0.2, -0.15) is 11.8 Å². The largest absolute Gasteiger partial charge is 0.370 e. The van der Waals surface area contributed by atoms with Crippen molar-refractivity contribution in [3.8, 4) is 0 Å². The van der Waals surface area contributed by atoms with Gasteiger partial charge in [0.15, 0.2) is 5.82 Å². The molecular formula is C10H17N5O2S. The van der Waals surface area contributed by atoms with Crippen molar-refractivity contribution in [3.63, 3.8) is 0 Å². The molecule has 0 aromatic carbocycles. The van der Waals surface area contributed by atoms with E-state index >= 15 is 0 Å². The van der Waals surface area contributed by atoms with Gasteiger partial charge in [0.05, 0.1) is 16.9 Å². The van der Waals surface area contributed by atoms with Gasteiger partial charge in [-0.25, -0.2) is 4.98 Å². The maximum Gasteiger partial charge on any atom is 0.274 e. The van der Waals surface area contributed by atoms with Gasteiger partial charge >= 0.3 is 0 Å². The molecule has 18 heavy (non-hydrogen) atoms. The standard InChI is InChI=1S/C10H17N5O2S/c1-8-9(14-7-13-8)6-18-4-3-12-10(11-2)5-15(16)17/h5,7,11-12H,3-4,6H2,1-2H3,(H,13,14)/b10-5-. The van der Waals surface area contributed by atoms with E-state index in [2.05, 4.69) is 20.6 Å². The number of H-pyrrole nitrogens is 1. The Balaban J connectivity index is 2.19. The summed E-state index contributed by atoms with van der Waals surface area (Å²) >= 11 is 1.74. The van der Waals surface area contributed by atoms with Gasteiger partial charge in [0.2, 0.25) is 0 Å². The molecule has 7 nitrogen and oxygen atoms in total. The van der Waals surface area contributed by atoms with Crippen LogP contribution in [0.3, 0.4) is 0 Å². The van der Waals surface area contributed by atoms with Crippen LogP contribution in [0.2, 0.25) is 0 Å². The quantitative estimate of drug-likeness (QED) is 0.368. The van der Waals surface area contributed by atoms with Crippen LogP contribution in [0.4, 0.5) is 0 Å². The summed E-state index contributed by atoms with van der Waals surface area (Å²) in [5, 5.41) is 16.0. The Labute approximate surface area is 110 Å². The van der Waals surface area contributed by atoms with Gasteiger partial charge in [-0.3, -0.25) is 10.1 Å². The Morgan fingerprint density at radius 3 is 3.06 bits per heavy atom. The third-order valence-corrected chi connectivity index (χ3v) is 3.23. The van der Waals surface area contributed by atoms with Gasteiger partial charge in [-0.15, -0.1) is 0 Å². The van der Waals surface area contributed by atoms with Crippen molar-refractivity contribution in [3.05, 3.63) is 39.9 Å². The number of nitrogens with zero attached hydrogens (tertiary/aromatic N) is 2. The molecule has 0 aliphatic rings. The summed E-state index contributed by atoms with van der Waals surface area (Å²) in [6, 6.07) is 0. The molecule has 1 aromatic heterocycles. The normalized spacial score (nSPS) is 11.3. The van der Waals surface area contributed by atoms with Gasteiger partial charge in [-0.05, 0) is 6.92 Å². The van der Waals surface area contributed by atoms with E-state index in [-0.39, 0.29) is 0 Å². The van der Waals surface area contributed by atoms with Crippen molar-refractivity contribution < 1.29 is 4.92 Å². The fourth-order valence-electron chi connectivity index (χ4n) is 1.27. The van der Waals surface area contributed by atoms with Crippen LogP contribution in [0, 0.1) is 17.0 Å². The highest BCUT2D eigenvalue weighted by molar-refractivity contribution is 7.98. The highest BCUT2D eigenvalue weighted by atomic mass is 32.2. The molecule has 3 N–H and O–H groups in total. The Morgan fingerprint density at radius 1 is 1.72 bits per heavy atom. The molecule has 0 spiro atoms. The lowest BCUT2D eigenvalue weighted by Crippen LogP contribution is -2.26. The van der Waals surface area contributed by atoms with Crippen LogP contribution < -0.4 is 10.6 Å². The van der Waals surface area contributed by atoms with Crippen molar-refractivity contribution in [2.45, 2.75) is 12.7 Å². The van der Waals surface area contributed by atoms with Crippen LogP contribution in [0.15, 0.2) is 18.3 Å². The second-order valence-corrected chi connectivity index (χ2v) is 4.63. The first kappa shape index (κ1) is 14.4. The average Bonchev–Trinajstić information content (AvgIpc) is 2.72. The van der Waals surface area contributed by atoms with E-state index in [1.54, 1.807) is 25.1 Å². The molecule has 0 unspecified atom stereocenters. The molecule has 0 aliphatic carbocycles. The van der Waals surface area contributed by atoms with Crippen molar-refractivity contribution >= 4 is 11.8 Å². The summed E-state index contributed by atoms with van der Waals surface area (Å²) in [5.41, 5.74) is 2.13. The number of aromatic nitrogens is 2. The number of hydrogen-bond acceptors (Lipinski definition) is 6. The predicted molar refractivity (Wildman–Crippen MR) is 71.6 cm³/mol. The molecule has 1 heterocycles. The zero-order chi connectivity index (χ0) is 13.4. The smallest absolute Gasteiger partial charge is 0.274 e. The van der Waals surface area contributed by atoms with Crippen molar-refractivity contribution in [1.29, 1.82) is 0 Å². The van der Waals surface area contributed by atoms with Gasteiger partial charge in [-0.1, -0.05) is 0 Å². The van der Waals surface area contributed by atoms with E-state index in [1.165, 1.54) is 0 Å². The van der Waals surface area contributed by atoms with Crippen LogP contribution in [0.5, 0.6) is 0 Å². The van der Waals surface area contributed by atoms with E-state index < -0.39 is 4.92 Å². The number of thioether (sulfide) groups is 1. The molecule has 8 heteroatoms. The Morgan fingerprint density at radius 2 is 2.50 bits per heavy atom. The third-order valence-electron chi connectivity index (χ3n) is 2.25. The van der Waals surface area contributed by atoms with Gasteiger partial charge in [0, 0.05) is 30.8 Å². The number of nitrogens with one attached hydrogen (secondary N) is 3. The molecule has 1 aromatic rings. The first-order chi connectivity index (χ1) is 8.63. The van der Waals surface area contributed by atoms with E-state index in [0.29, 0.717) is 12.4 Å². The molecule has 0 amide bonds. The SMILES string of the molecule is CN/C(=C/[N+](=O)[O-])NCCSCc1[nH]cnc1C. The van der Waals surface area contributed by atoms with Crippen LogP contribution in [-0.2, 0) is 5.75 Å². The second kappa shape index (κ2) is 7.59. The first-order valence-corrected chi connectivity index (χ1v) is 6.62. The molecule has 0 saturated carbocycles. The minimum absolute atomic E-state index is 0.415. The topological polar surface area (TPSA) is 95.9 Å². The van der Waals surface area contributed by atoms with E-state index in [0.717, 1.165) is 29.1 Å². The van der Waals surface area contributed by atoms with Gasteiger partial charge in [0.25, 0.3) is 6.20 Å². The number of aromatic amines is 1. The van der Waals surface area contributed by atoms with Gasteiger partial charge < -0.3 is 15.6 Å². The van der Waals surface area contributed by atoms with Crippen molar-refractivity contribution in [2.75, 3.05) is 19.3 Å². The fraction of sp³-hybridized carbons (Fsp3) is 0.500. The molecule has 0 fully saturated rings. The molecule has 100 valence electrons. The first-order valence-electron chi connectivity index (χ1n) is 5.47. The van der Waals surface area contributed by atoms with Crippen LogP contribution in [0.1, 0.15) is 11.4 Å². The summed E-state index contributed by atoms with van der Waals surface area (Å²) in [6.07, 6.45) is 2.60. The van der Waals surface area contributed by atoms with Crippen LogP contribution in [-0.4, -0.2) is 34.2 Å². The molecule has 0 radical (unpaired) electrons. The molecular weight excluding hydrogens is 254 g/mol. The maximum absolute atomic E-state index is 10.3. The zero-order valence-corrected chi connectivity index (χ0v) is 11.2. The predicted octanol–water partition coefficient (Wildman–Crippen LogP) is 0.836. The monoisotopic (exact) mass is 271 g/mol. The lowest BCUT2D eigenvalue weighted by molar-refractivity contribution is -0.404. The van der Waals surface area contributed by atoms with E-state index in [4.69, 9.17) is 0 Å². The second-order valence-electron chi connectivity index (χ2n) is 3.52. The minimum atomic E-state index is -0.486. The fourth-order valence-corrected chi connectivity index (χ4v) is 2.16. The molecule has 0 bridgehead atoms. The summed E-state index contributed by atoms with van der Waals surface area (Å²) in [4.78, 5) is 17.0. The number of imidazole rings is 1. The van der Waals surface area contributed by atoms with E-state index in [1.807, 2.05) is 6.92 Å². The van der Waals surface area contributed by atoms with Crippen LogP contribution in [0.25, 0.3) is 0 Å².